The second-order valence-electron chi connectivity index (χ2n) is 13.9. The zero-order valence-electron chi connectivity index (χ0n) is 31.6. The predicted octanol–water partition coefficient (Wildman–Crippen LogP) is 2.46. The van der Waals surface area contributed by atoms with E-state index in [2.05, 4.69) is 10.3 Å². The molecule has 2 aromatic rings. The van der Waals surface area contributed by atoms with Gasteiger partial charge in [0.05, 0.1) is 81.1 Å². The van der Waals surface area contributed by atoms with Crippen LogP contribution in [0.25, 0.3) is 5.57 Å². The number of carbonyl (C=O) groups is 4. The molecule has 0 spiro atoms. The summed E-state index contributed by atoms with van der Waals surface area (Å²) in [6.45, 7) is 8.44. The van der Waals surface area contributed by atoms with Gasteiger partial charge in [-0.25, -0.2) is 9.78 Å². The Morgan fingerprint density at radius 3 is 2.29 bits per heavy atom. The SMILES string of the molecule is Cc1ncsc1C1=CC=C(CNC(=O)[C@@H]2C[C@@H](O)CN2C(=O)[C@H](C(C)C)N2Cc3ccccc3C2=O)C(OCCOCCOCCOCCOCC(=O)O)C1. The third-order valence-electron chi connectivity index (χ3n) is 9.64. The number of hydrogen-bond acceptors (Lipinski definition) is 12. The topological polar surface area (TPSA) is 186 Å². The van der Waals surface area contributed by atoms with Crippen molar-refractivity contribution in [2.45, 2.75) is 64.4 Å². The Labute approximate surface area is 325 Å². The molecule has 16 heteroatoms. The van der Waals surface area contributed by atoms with Gasteiger partial charge < -0.3 is 49.0 Å². The van der Waals surface area contributed by atoms with E-state index in [9.17, 15) is 24.3 Å². The number of aryl methyl sites for hydroxylation is 1. The molecule has 3 heterocycles. The maximum absolute atomic E-state index is 14.1. The number of amides is 3. The number of hydrogen-bond donors (Lipinski definition) is 3. The van der Waals surface area contributed by atoms with Gasteiger partial charge in [-0.2, -0.15) is 0 Å². The number of allylic oxidation sites excluding steroid dienone is 2. The first-order valence-electron chi connectivity index (χ1n) is 18.6. The van der Waals surface area contributed by atoms with Crippen molar-refractivity contribution in [1.29, 1.82) is 0 Å². The van der Waals surface area contributed by atoms with Crippen LogP contribution in [-0.2, 0) is 44.6 Å². The summed E-state index contributed by atoms with van der Waals surface area (Å²) >= 11 is 1.56. The fourth-order valence-electron chi connectivity index (χ4n) is 6.96. The molecule has 5 rings (SSSR count). The van der Waals surface area contributed by atoms with Gasteiger partial charge in [0.1, 0.15) is 18.7 Å². The molecule has 300 valence electrons. The highest BCUT2D eigenvalue weighted by Crippen LogP contribution is 2.33. The van der Waals surface area contributed by atoms with Crippen molar-refractivity contribution in [2.24, 2.45) is 5.92 Å². The van der Waals surface area contributed by atoms with E-state index in [1.165, 1.54) is 4.90 Å². The van der Waals surface area contributed by atoms with Crippen LogP contribution in [0, 0.1) is 12.8 Å². The van der Waals surface area contributed by atoms with Gasteiger partial charge in [-0.15, -0.1) is 11.3 Å². The van der Waals surface area contributed by atoms with Crippen LogP contribution < -0.4 is 5.32 Å². The standard InChI is InChI=1S/C39H52N4O11S/c1-25(2)35(43-21-29-6-4-5-7-31(29)38(43)48)39(49)42-22-30(44)19-32(42)37(47)40-20-28-9-8-27(36-26(3)41-24-55-36)18-33(28)54-17-16-52-13-12-50-10-11-51-14-15-53-23-34(45)46/h4-9,24-25,30,32-33,35,44H,10-23H2,1-3H3,(H,40,47)(H,45,46)/t30-,32+,33?,35+/m1/s1. The summed E-state index contributed by atoms with van der Waals surface area (Å²) in [6.07, 6.45) is 3.43. The minimum Gasteiger partial charge on any atom is -0.480 e. The lowest BCUT2D eigenvalue weighted by Gasteiger charge is -2.35. The number of aliphatic hydroxyl groups excluding tert-OH is 1. The monoisotopic (exact) mass is 784 g/mol. The van der Waals surface area contributed by atoms with Crippen molar-refractivity contribution in [3.05, 3.63) is 69.2 Å². The van der Waals surface area contributed by atoms with E-state index < -0.39 is 24.2 Å². The number of ether oxygens (including phenoxy) is 5. The summed E-state index contributed by atoms with van der Waals surface area (Å²) in [5, 5.41) is 22.2. The second kappa shape index (κ2) is 20.8. The van der Waals surface area contributed by atoms with E-state index in [-0.39, 0.29) is 69.1 Å². The molecule has 1 unspecified atom stereocenters. The van der Waals surface area contributed by atoms with Crippen LogP contribution in [0.3, 0.4) is 0 Å². The molecule has 0 bridgehead atoms. The van der Waals surface area contributed by atoms with E-state index in [0.717, 1.165) is 27.3 Å². The molecule has 4 atom stereocenters. The summed E-state index contributed by atoms with van der Waals surface area (Å²) in [6, 6.07) is 5.64. The fourth-order valence-corrected chi connectivity index (χ4v) is 7.80. The van der Waals surface area contributed by atoms with Gasteiger partial charge in [-0.1, -0.05) is 44.2 Å². The molecule has 1 fully saturated rings. The lowest BCUT2D eigenvalue weighted by Crippen LogP contribution is -2.55. The van der Waals surface area contributed by atoms with Crippen molar-refractivity contribution < 1.29 is 53.1 Å². The van der Waals surface area contributed by atoms with E-state index in [4.69, 9.17) is 28.8 Å². The average Bonchev–Trinajstić information content (AvgIpc) is 3.87. The Bertz CT molecular complexity index is 1690. The van der Waals surface area contributed by atoms with Crippen molar-refractivity contribution in [2.75, 3.05) is 72.6 Å². The Morgan fingerprint density at radius 2 is 1.65 bits per heavy atom. The van der Waals surface area contributed by atoms with E-state index in [1.54, 1.807) is 28.4 Å². The number of aliphatic carboxylic acids is 1. The highest BCUT2D eigenvalue weighted by Gasteiger charge is 2.46. The van der Waals surface area contributed by atoms with Crippen LogP contribution in [-0.4, -0.2) is 146 Å². The number of β-amino-alcohol motifs (C(OH)–C–C–N with tert-alkyl or cyclic N) is 1. The molecule has 15 nitrogen and oxygen atoms in total. The van der Waals surface area contributed by atoms with E-state index in [0.29, 0.717) is 58.2 Å². The molecule has 55 heavy (non-hydrogen) atoms. The lowest BCUT2D eigenvalue weighted by atomic mass is 9.93. The maximum Gasteiger partial charge on any atom is 0.329 e. The molecule has 1 aromatic heterocycles. The molecule has 0 saturated carbocycles. The molecule has 1 saturated heterocycles. The Hall–Kier alpha value is -4.03. The molecule has 1 aromatic carbocycles. The number of rotatable bonds is 22. The minimum atomic E-state index is -1.02. The number of fused-ring (bicyclic) bond motifs is 1. The van der Waals surface area contributed by atoms with Crippen LogP contribution in [0.15, 0.2) is 47.5 Å². The van der Waals surface area contributed by atoms with Gasteiger partial charge >= 0.3 is 5.97 Å². The van der Waals surface area contributed by atoms with Crippen LogP contribution in [0.4, 0.5) is 0 Å². The molecular formula is C39H52N4O11S. The van der Waals surface area contributed by atoms with Crippen molar-refractivity contribution in [3.8, 4) is 0 Å². The average molecular weight is 785 g/mol. The smallest absolute Gasteiger partial charge is 0.329 e. The highest BCUT2D eigenvalue weighted by molar-refractivity contribution is 7.10. The van der Waals surface area contributed by atoms with Crippen molar-refractivity contribution in [3.63, 3.8) is 0 Å². The first kappa shape index (κ1) is 42.1. The Morgan fingerprint density at radius 1 is 0.982 bits per heavy atom. The Balaban J connectivity index is 1.12. The summed E-state index contributed by atoms with van der Waals surface area (Å²) in [4.78, 5) is 60.2. The van der Waals surface area contributed by atoms with E-state index in [1.807, 2.05) is 50.6 Å². The first-order chi connectivity index (χ1) is 26.5. The number of carboxylic acid groups (broad SMARTS) is 1. The third kappa shape index (κ3) is 11.5. The normalized spacial score (nSPS) is 20.1. The number of aromatic nitrogens is 1. The molecule has 3 amide bonds. The minimum absolute atomic E-state index is 0.00821. The lowest BCUT2D eigenvalue weighted by molar-refractivity contribution is -0.143. The molecule has 0 radical (unpaired) electrons. The van der Waals surface area contributed by atoms with Gasteiger partial charge in [0.2, 0.25) is 11.8 Å². The van der Waals surface area contributed by atoms with Crippen LogP contribution >= 0.6 is 11.3 Å². The van der Waals surface area contributed by atoms with E-state index >= 15 is 0 Å². The molecule has 3 N–H and O–H groups in total. The van der Waals surface area contributed by atoms with Crippen LogP contribution in [0.1, 0.15) is 53.2 Å². The predicted molar refractivity (Wildman–Crippen MR) is 202 cm³/mol. The number of aliphatic hydroxyl groups is 1. The number of carboxylic acids is 1. The second-order valence-corrected chi connectivity index (χ2v) is 14.8. The third-order valence-corrected chi connectivity index (χ3v) is 10.6. The van der Waals surface area contributed by atoms with Gasteiger partial charge in [0.25, 0.3) is 5.91 Å². The molecular weight excluding hydrogens is 733 g/mol. The van der Waals surface area contributed by atoms with Gasteiger partial charge in [-0.05, 0) is 35.6 Å². The number of carbonyl (C=O) groups excluding carboxylic acids is 3. The van der Waals surface area contributed by atoms with Gasteiger partial charge in [-0.3, -0.25) is 14.4 Å². The Kier molecular flexibility index (Phi) is 15.9. The summed E-state index contributed by atoms with van der Waals surface area (Å²) in [7, 11) is 0. The highest BCUT2D eigenvalue weighted by atomic mass is 32.1. The molecule has 2 aliphatic heterocycles. The number of thiazole rings is 1. The maximum atomic E-state index is 14.1. The summed E-state index contributed by atoms with van der Waals surface area (Å²) in [5.74, 6) is -2.18. The molecule has 3 aliphatic rings. The van der Waals surface area contributed by atoms with Crippen molar-refractivity contribution >= 4 is 40.6 Å². The van der Waals surface area contributed by atoms with Crippen LogP contribution in [0.5, 0.6) is 0 Å². The largest absolute Gasteiger partial charge is 0.480 e. The first-order valence-corrected chi connectivity index (χ1v) is 19.5. The van der Waals surface area contributed by atoms with Crippen molar-refractivity contribution in [1.82, 2.24) is 20.1 Å². The molecule has 1 aliphatic carbocycles. The fraction of sp³-hybridized carbons (Fsp3) is 0.564. The number of nitrogens with zero attached hydrogens (tertiary/aromatic N) is 3. The zero-order valence-corrected chi connectivity index (χ0v) is 32.5. The number of benzene rings is 1. The summed E-state index contributed by atoms with van der Waals surface area (Å²) < 4.78 is 27.7. The number of likely N-dealkylation sites (tertiary alicyclic amines) is 1. The zero-order chi connectivity index (χ0) is 39.3. The summed E-state index contributed by atoms with van der Waals surface area (Å²) in [5.41, 5.74) is 6.12. The quantitative estimate of drug-likeness (QED) is 0.148. The van der Waals surface area contributed by atoms with Gasteiger partial charge in [0, 0.05) is 38.0 Å². The van der Waals surface area contributed by atoms with Gasteiger partial charge in [0.15, 0.2) is 0 Å². The van der Waals surface area contributed by atoms with Crippen LogP contribution in [0.2, 0.25) is 0 Å². The number of nitrogens with one attached hydrogen (secondary N) is 1.